The van der Waals surface area contributed by atoms with Crippen LogP contribution in [0.25, 0.3) is 0 Å². The number of carbonyl (C=O) groups excluding carboxylic acids is 1. The van der Waals surface area contributed by atoms with Crippen molar-refractivity contribution in [2.24, 2.45) is 5.92 Å². The molecule has 5 rings (SSSR count). The van der Waals surface area contributed by atoms with E-state index in [2.05, 4.69) is 27.2 Å². The van der Waals surface area contributed by atoms with Crippen LogP contribution in [0.3, 0.4) is 0 Å². The molecule has 7 heteroatoms. The van der Waals surface area contributed by atoms with E-state index in [0.717, 1.165) is 83.1 Å². The highest BCUT2D eigenvalue weighted by Crippen LogP contribution is 2.31. The molecule has 176 valence electrons. The minimum atomic E-state index is 0.0965. The van der Waals surface area contributed by atoms with Gasteiger partial charge in [0, 0.05) is 38.4 Å². The average molecular weight is 444 g/mol. The van der Waals surface area contributed by atoms with Crippen LogP contribution in [0.15, 0.2) is 18.2 Å². The number of benzene rings is 1. The summed E-state index contributed by atoms with van der Waals surface area (Å²) in [6.07, 6.45) is 6.48. The molecule has 3 saturated heterocycles. The fraction of sp³-hybridized carbons (Fsp3) is 0.720. The van der Waals surface area contributed by atoms with E-state index in [4.69, 9.17) is 14.2 Å². The van der Waals surface area contributed by atoms with Gasteiger partial charge in [-0.1, -0.05) is 6.07 Å². The number of likely N-dealkylation sites (tertiary alicyclic amines) is 2. The van der Waals surface area contributed by atoms with E-state index >= 15 is 0 Å². The van der Waals surface area contributed by atoms with Crippen LogP contribution in [0.2, 0.25) is 0 Å². The highest BCUT2D eigenvalue weighted by Gasteiger charge is 2.34. The van der Waals surface area contributed by atoms with Gasteiger partial charge in [-0.05, 0) is 75.9 Å². The Kier molecular flexibility index (Phi) is 7.15. The summed E-state index contributed by atoms with van der Waals surface area (Å²) < 4.78 is 17.0. The highest BCUT2D eigenvalue weighted by molar-refractivity contribution is 5.79. The smallest absolute Gasteiger partial charge is 0.224 e. The lowest BCUT2D eigenvalue weighted by Gasteiger charge is -2.31. The van der Waals surface area contributed by atoms with Gasteiger partial charge in [0.2, 0.25) is 5.91 Å². The molecule has 0 aromatic heterocycles. The fourth-order valence-electron chi connectivity index (χ4n) is 5.64. The average Bonchev–Trinajstić information content (AvgIpc) is 3.52. The molecule has 7 nitrogen and oxygen atoms in total. The van der Waals surface area contributed by atoms with Gasteiger partial charge in [-0.25, -0.2) is 0 Å². The van der Waals surface area contributed by atoms with Crippen LogP contribution in [-0.2, 0) is 16.0 Å². The van der Waals surface area contributed by atoms with E-state index in [1.165, 1.54) is 18.4 Å². The maximum absolute atomic E-state index is 13.3. The number of ether oxygens (including phenoxy) is 3. The predicted octanol–water partition coefficient (Wildman–Crippen LogP) is 2.08. The summed E-state index contributed by atoms with van der Waals surface area (Å²) in [5.74, 6) is 1.96. The van der Waals surface area contributed by atoms with Gasteiger partial charge in [-0.15, -0.1) is 0 Å². The number of fused-ring (bicyclic) bond motifs is 1. The van der Waals surface area contributed by atoms with Gasteiger partial charge in [0.1, 0.15) is 13.2 Å². The Morgan fingerprint density at radius 2 is 1.78 bits per heavy atom. The summed E-state index contributed by atoms with van der Waals surface area (Å²) in [6.45, 7) is 8.00. The maximum atomic E-state index is 13.3. The molecule has 0 unspecified atom stereocenters. The molecule has 1 N–H and O–H groups in total. The highest BCUT2D eigenvalue weighted by atomic mass is 16.6. The number of hydrogen-bond acceptors (Lipinski definition) is 6. The van der Waals surface area contributed by atoms with E-state index in [0.29, 0.717) is 19.3 Å². The molecule has 4 aliphatic heterocycles. The molecular formula is C25H37N3O4. The first-order valence-electron chi connectivity index (χ1n) is 12.5. The van der Waals surface area contributed by atoms with Crippen molar-refractivity contribution >= 4 is 5.91 Å². The molecule has 0 saturated carbocycles. The van der Waals surface area contributed by atoms with E-state index < -0.39 is 0 Å². The van der Waals surface area contributed by atoms with Gasteiger partial charge in [-0.2, -0.15) is 0 Å². The van der Waals surface area contributed by atoms with Crippen molar-refractivity contribution in [3.63, 3.8) is 0 Å². The van der Waals surface area contributed by atoms with Crippen LogP contribution in [0.5, 0.6) is 11.5 Å². The van der Waals surface area contributed by atoms with Crippen LogP contribution in [0.4, 0.5) is 0 Å². The first kappa shape index (κ1) is 22.0. The van der Waals surface area contributed by atoms with E-state index in [9.17, 15) is 4.79 Å². The zero-order valence-electron chi connectivity index (χ0n) is 19.1. The Labute approximate surface area is 191 Å². The molecule has 3 fully saturated rings. The van der Waals surface area contributed by atoms with Crippen molar-refractivity contribution in [3.05, 3.63) is 23.8 Å². The SMILES string of the molecule is O=C(N[C@@H](Cc1ccc2c(c1)OCCO2)CN1CCCC1)[C@@H]1CCN(C2CCOCC2)C1. The van der Waals surface area contributed by atoms with Crippen molar-refractivity contribution in [2.45, 2.75) is 50.6 Å². The van der Waals surface area contributed by atoms with Crippen LogP contribution in [0, 0.1) is 5.92 Å². The quantitative estimate of drug-likeness (QED) is 0.696. The molecule has 4 heterocycles. The van der Waals surface area contributed by atoms with Crippen molar-refractivity contribution < 1.29 is 19.0 Å². The molecule has 2 atom stereocenters. The number of hydrogen-bond donors (Lipinski definition) is 1. The summed E-state index contributed by atoms with van der Waals surface area (Å²) in [5.41, 5.74) is 1.19. The summed E-state index contributed by atoms with van der Waals surface area (Å²) >= 11 is 0. The van der Waals surface area contributed by atoms with Crippen molar-refractivity contribution in [3.8, 4) is 11.5 Å². The second-order valence-electron chi connectivity index (χ2n) is 9.72. The lowest BCUT2D eigenvalue weighted by molar-refractivity contribution is -0.125. The number of carbonyl (C=O) groups is 1. The summed E-state index contributed by atoms with van der Waals surface area (Å²) in [4.78, 5) is 18.3. The fourth-order valence-corrected chi connectivity index (χ4v) is 5.64. The lowest BCUT2D eigenvalue weighted by Crippen LogP contribution is -2.47. The molecule has 1 amide bonds. The largest absolute Gasteiger partial charge is 0.486 e. The molecule has 1 aromatic rings. The van der Waals surface area contributed by atoms with Gasteiger partial charge < -0.3 is 24.4 Å². The lowest BCUT2D eigenvalue weighted by atomic mass is 10.0. The summed E-state index contributed by atoms with van der Waals surface area (Å²) in [5, 5.41) is 3.43. The van der Waals surface area contributed by atoms with E-state index in [1.807, 2.05) is 6.07 Å². The number of nitrogens with zero attached hydrogens (tertiary/aromatic N) is 2. The number of nitrogens with one attached hydrogen (secondary N) is 1. The second kappa shape index (κ2) is 10.4. The Morgan fingerprint density at radius 3 is 2.59 bits per heavy atom. The zero-order valence-corrected chi connectivity index (χ0v) is 19.1. The van der Waals surface area contributed by atoms with Gasteiger partial charge in [-0.3, -0.25) is 9.69 Å². The van der Waals surface area contributed by atoms with Crippen LogP contribution >= 0.6 is 0 Å². The Morgan fingerprint density at radius 1 is 1.00 bits per heavy atom. The standard InChI is InChI=1S/C25H37N3O4/c29-25(20-5-10-28(17-20)22-6-11-30-12-7-22)26-21(18-27-8-1-2-9-27)15-19-3-4-23-24(16-19)32-14-13-31-23/h3-4,16,20-22H,1-2,5-15,17-18H2,(H,26,29)/t20-,21+/m1/s1. The van der Waals surface area contributed by atoms with Crippen LogP contribution in [0.1, 0.15) is 37.7 Å². The normalized spacial score (nSPS) is 25.7. The van der Waals surface area contributed by atoms with Crippen molar-refractivity contribution in [2.75, 3.05) is 59.2 Å². The van der Waals surface area contributed by atoms with Crippen molar-refractivity contribution in [1.29, 1.82) is 0 Å². The van der Waals surface area contributed by atoms with Crippen LogP contribution < -0.4 is 14.8 Å². The monoisotopic (exact) mass is 443 g/mol. The Hall–Kier alpha value is -1.83. The topological polar surface area (TPSA) is 63.3 Å². The zero-order chi connectivity index (χ0) is 21.8. The molecule has 1 aromatic carbocycles. The molecule has 4 aliphatic rings. The first-order valence-corrected chi connectivity index (χ1v) is 12.5. The Balaban J connectivity index is 1.21. The minimum absolute atomic E-state index is 0.0965. The van der Waals surface area contributed by atoms with Gasteiger partial charge in [0.15, 0.2) is 11.5 Å². The Bertz CT molecular complexity index is 776. The third kappa shape index (κ3) is 5.38. The second-order valence-corrected chi connectivity index (χ2v) is 9.72. The molecule has 32 heavy (non-hydrogen) atoms. The predicted molar refractivity (Wildman–Crippen MR) is 122 cm³/mol. The van der Waals surface area contributed by atoms with Crippen molar-refractivity contribution in [1.82, 2.24) is 15.1 Å². The van der Waals surface area contributed by atoms with Gasteiger partial charge in [0.25, 0.3) is 0 Å². The van der Waals surface area contributed by atoms with Crippen LogP contribution in [-0.4, -0.2) is 86.9 Å². The third-order valence-electron chi connectivity index (χ3n) is 7.41. The molecule has 0 radical (unpaired) electrons. The minimum Gasteiger partial charge on any atom is -0.486 e. The van der Waals surface area contributed by atoms with E-state index in [1.54, 1.807) is 0 Å². The molecule has 0 bridgehead atoms. The van der Waals surface area contributed by atoms with E-state index in [-0.39, 0.29) is 17.9 Å². The first-order chi connectivity index (χ1) is 15.7. The summed E-state index contributed by atoms with van der Waals surface area (Å²) in [7, 11) is 0. The summed E-state index contributed by atoms with van der Waals surface area (Å²) in [6, 6.07) is 6.89. The molecule has 0 spiro atoms. The molecular weight excluding hydrogens is 406 g/mol. The molecule has 0 aliphatic carbocycles. The van der Waals surface area contributed by atoms with Gasteiger partial charge in [0.05, 0.1) is 5.92 Å². The van der Waals surface area contributed by atoms with Gasteiger partial charge >= 0.3 is 0 Å². The third-order valence-corrected chi connectivity index (χ3v) is 7.41. The maximum Gasteiger partial charge on any atom is 0.224 e. The number of amides is 1. The number of rotatable bonds is 7.